The van der Waals surface area contributed by atoms with Crippen molar-refractivity contribution in [1.82, 2.24) is 9.78 Å². The largest absolute Gasteiger partial charge is 0.481 e. The Morgan fingerprint density at radius 1 is 1.63 bits per heavy atom. The van der Waals surface area contributed by atoms with E-state index in [4.69, 9.17) is 0 Å². The highest BCUT2D eigenvalue weighted by Crippen LogP contribution is 2.29. The molecule has 1 saturated heterocycles. The number of aryl methyl sites for hydroxylation is 2. The molecule has 1 aliphatic heterocycles. The molecule has 1 aromatic rings. The molecule has 0 aliphatic carbocycles. The minimum atomic E-state index is -3.04. The van der Waals surface area contributed by atoms with Crippen LogP contribution in [0.1, 0.15) is 18.5 Å². The molecule has 0 amide bonds. The highest BCUT2D eigenvalue weighted by molar-refractivity contribution is 7.91. The molecular formula is C12H18N2O4S. The fourth-order valence-corrected chi connectivity index (χ4v) is 4.53. The molecule has 19 heavy (non-hydrogen) atoms. The first-order valence-corrected chi connectivity index (χ1v) is 8.11. The molecule has 0 aromatic carbocycles. The van der Waals surface area contributed by atoms with Gasteiger partial charge in [-0.2, -0.15) is 5.10 Å². The van der Waals surface area contributed by atoms with Crippen molar-refractivity contribution < 1.29 is 18.3 Å². The summed E-state index contributed by atoms with van der Waals surface area (Å²) in [6, 6.07) is 1.85. The average Bonchev–Trinajstić information content (AvgIpc) is 2.86. The normalized spacial score (nSPS) is 23.3. The van der Waals surface area contributed by atoms with Crippen molar-refractivity contribution in [2.24, 2.45) is 18.9 Å². The van der Waals surface area contributed by atoms with E-state index in [-0.39, 0.29) is 17.4 Å². The first-order chi connectivity index (χ1) is 8.89. The Morgan fingerprint density at radius 2 is 2.37 bits per heavy atom. The average molecular weight is 286 g/mol. The number of aromatic nitrogens is 2. The predicted molar refractivity (Wildman–Crippen MR) is 69.4 cm³/mol. The van der Waals surface area contributed by atoms with Gasteiger partial charge in [-0.25, -0.2) is 8.42 Å². The topological polar surface area (TPSA) is 89.3 Å². The van der Waals surface area contributed by atoms with Crippen molar-refractivity contribution in [3.05, 3.63) is 18.0 Å². The highest BCUT2D eigenvalue weighted by atomic mass is 32.2. The standard InChI is InChI=1S/C12H18N2O4S/c1-14-10(4-6-13-14)2-3-11(12(15)16)9-5-7-19(17,18)8-9/h4,6,9,11H,2-3,5,7-8H2,1H3,(H,15,16). The predicted octanol–water partition coefficient (Wildman–Crippen LogP) is 0.488. The molecule has 1 aromatic heterocycles. The maximum Gasteiger partial charge on any atom is 0.306 e. The van der Waals surface area contributed by atoms with Crippen LogP contribution in [0.5, 0.6) is 0 Å². The lowest BCUT2D eigenvalue weighted by atomic mass is 9.87. The van der Waals surface area contributed by atoms with Crippen LogP contribution in [0.4, 0.5) is 0 Å². The van der Waals surface area contributed by atoms with Gasteiger partial charge in [0, 0.05) is 18.9 Å². The molecular weight excluding hydrogens is 268 g/mol. The van der Waals surface area contributed by atoms with Gasteiger partial charge in [-0.05, 0) is 31.2 Å². The number of carboxylic acids is 1. The molecule has 0 spiro atoms. The van der Waals surface area contributed by atoms with Gasteiger partial charge in [0.2, 0.25) is 0 Å². The Hall–Kier alpha value is -1.37. The molecule has 1 aliphatic rings. The highest BCUT2D eigenvalue weighted by Gasteiger charge is 2.37. The second-order valence-electron chi connectivity index (χ2n) is 5.09. The fourth-order valence-electron chi connectivity index (χ4n) is 2.65. The van der Waals surface area contributed by atoms with Crippen molar-refractivity contribution in [3.8, 4) is 0 Å². The lowest BCUT2D eigenvalue weighted by molar-refractivity contribution is -0.143. The number of sulfone groups is 1. The summed E-state index contributed by atoms with van der Waals surface area (Å²) in [5.41, 5.74) is 0.965. The zero-order valence-electron chi connectivity index (χ0n) is 10.8. The van der Waals surface area contributed by atoms with Gasteiger partial charge in [-0.1, -0.05) is 0 Å². The SMILES string of the molecule is Cn1nccc1CCC(C(=O)O)C1CCS(=O)(=O)C1. The summed E-state index contributed by atoms with van der Waals surface area (Å²) in [5, 5.41) is 13.3. The van der Waals surface area contributed by atoms with E-state index in [9.17, 15) is 18.3 Å². The molecule has 0 radical (unpaired) electrons. The zero-order valence-corrected chi connectivity index (χ0v) is 11.6. The molecule has 6 nitrogen and oxygen atoms in total. The van der Waals surface area contributed by atoms with E-state index in [2.05, 4.69) is 5.10 Å². The Morgan fingerprint density at radius 3 is 2.84 bits per heavy atom. The number of rotatable bonds is 5. The summed E-state index contributed by atoms with van der Waals surface area (Å²) < 4.78 is 24.6. The quantitative estimate of drug-likeness (QED) is 0.850. The van der Waals surface area contributed by atoms with Crippen molar-refractivity contribution in [3.63, 3.8) is 0 Å². The van der Waals surface area contributed by atoms with Crippen LogP contribution in [0.2, 0.25) is 0 Å². The minimum Gasteiger partial charge on any atom is -0.481 e. The first-order valence-electron chi connectivity index (χ1n) is 6.29. The Bertz CT molecular complexity index is 564. The molecule has 1 fully saturated rings. The summed E-state index contributed by atoms with van der Waals surface area (Å²) in [6.45, 7) is 0. The third-order valence-electron chi connectivity index (χ3n) is 3.79. The maximum atomic E-state index is 11.4. The van der Waals surface area contributed by atoms with Gasteiger partial charge in [-0.15, -0.1) is 0 Å². The van der Waals surface area contributed by atoms with E-state index in [0.29, 0.717) is 19.3 Å². The van der Waals surface area contributed by atoms with Gasteiger partial charge >= 0.3 is 5.97 Å². The smallest absolute Gasteiger partial charge is 0.306 e. The van der Waals surface area contributed by atoms with Gasteiger partial charge in [-0.3, -0.25) is 9.48 Å². The van der Waals surface area contributed by atoms with E-state index in [1.165, 1.54) is 0 Å². The van der Waals surface area contributed by atoms with Crippen molar-refractivity contribution in [2.75, 3.05) is 11.5 Å². The zero-order chi connectivity index (χ0) is 14.0. The third kappa shape index (κ3) is 3.34. The summed E-state index contributed by atoms with van der Waals surface area (Å²) >= 11 is 0. The van der Waals surface area contributed by atoms with E-state index in [0.717, 1.165) is 5.69 Å². The van der Waals surface area contributed by atoms with Crippen LogP contribution in [0.3, 0.4) is 0 Å². The van der Waals surface area contributed by atoms with Crippen LogP contribution in [-0.4, -0.2) is 40.8 Å². The first kappa shape index (κ1) is 14.0. The number of aliphatic carboxylic acids is 1. The van der Waals surface area contributed by atoms with Gasteiger partial charge in [0.25, 0.3) is 0 Å². The summed E-state index contributed by atoms with van der Waals surface area (Å²) in [4.78, 5) is 11.3. The van der Waals surface area contributed by atoms with E-state index in [1.807, 2.05) is 13.1 Å². The molecule has 2 atom stereocenters. The lowest BCUT2D eigenvalue weighted by Crippen LogP contribution is -2.25. The third-order valence-corrected chi connectivity index (χ3v) is 5.58. The molecule has 0 saturated carbocycles. The van der Waals surface area contributed by atoms with E-state index >= 15 is 0 Å². The van der Waals surface area contributed by atoms with Crippen LogP contribution in [0.15, 0.2) is 12.3 Å². The molecule has 106 valence electrons. The monoisotopic (exact) mass is 286 g/mol. The number of hydrogen-bond acceptors (Lipinski definition) is 4. The molecule has 0 bridgehead atoms. The van der Waals surface area contributed by atoms with Crippen LogP contribution in [0.25, 0.3) is 0 Å². The van der Waals surface area contributed by atoms with E-state index < -0.39 is 21.7 Å². The molecule has 2 heterocycles. The molecule has 2 unspecified atom stereocenters. The van der Waals surface area contributed by atoms with E-state index in [1.54, 1.807) is 10.9 Å². The second-order valence-corrected chi connectivity index (χ2v) is 7.32. The lowest BCUT2D eigenvalue weighted by Gasteiger charge is -2.17. The van der Waals surface area contributed by atoms with Crippen molar-refractivity contribution >= 4 is 15.8 Å². The van der Waals surface area contributed by atoms with Gasteiger partial charge in [0.15, 0.2) is 9.84 Å². The minimum absolute atomic E-state index is 0.00928. The van der Waals surface area contributed by atoms with Gasteiger partial charge in [0.1, 0.15) is 0 Å². The summed E-state index contributed by atoms with van der Waals surface area (Å²) in [6.07, 6.45) is 3.19. The Labute approximate surface area is 112 Å². The molecule has 1 N–H and O–H groups in total. The van der Waals surface area contributed by atoms with Gasteiger partial charge < -0.3 is 5.11 Å². The van der Waals surface area contributed by atoms with Crippen molar-refractivity contribution in [2.45, 2.75) is 19.3 Å². The number of nitrogens with zero attached hydrogens (tertiary/aromatic N) is 2. The van der Waals surface area contributed by atoms with Crippen LogP contribution >= 0.6 is 0 Å². The Balaban J connectivity index is 2.02. The molecule has 2 rings (SSSR count). The summed E-state index contributed by atoms with van der Waals surface area (Å²) in [7, 11) is -1.22. The van der Waals surface area contributed by atoms with Crippen LogP contribution in [-0.2, 0) is 28.1 Å². The fraction of sp³-hybridized carbons (Fsp3) is 0.667. The molecule has 7 heteroatoms. The van der Waals surface area contributed by atoms with Crippen LogP contribution < -0.4 is 0 Å². The van der Waals surface area contributed by atoms with Crippen molar-refractivity contribution in [1.29, 1.82) is 0 Å². The second kappa shape index (κ2) is 5.32. The summed E-state index contributed by atoms with van der Waals surface area (Å²) in [5.74, 6) is -1.62. The maximum absolute atomic E-state index is 11.4. The number of carboxylic acid groups (broad SMARTS) is 1. The number of carbonyl (C=O) groups is 1. The Kier molecular flexibility index (Phi) is 3.93. The van der Waals surface area contributed by atoms with Gasteiger partial charge in [0.05, 0.1) is 17.4 Å². The van der Waals surface area contributed by atoms with Crippen LogP contribution in [0, 0.1) is 11.8 Å². The number of hydrogen-bond donors (Lipinski definition) is 1.